The number of amides is 1. The van der Waals surface area contributed by atoms with E-state index in [1.54, 1.807) is 36.2 Å². The molecule has 0 spiro atoms. The van der Waals surface area contributed by atoms with E-state index in [2.05, 4.69) is 4.98 Å². The molecule has 0 aliphatic heterocycles. The summed E-state index contributed by atoms with van der Waals surface area (Å²) < 4.78 is 16.6. The molecule has 1 fully saturated rings. The van der Waals surface area contributed by atoms with Gasteiger partial charge in [-0.25, -0.2) is 18.7 Å². The van der Waals surface area contributed by atoms with Crippen LogP contribution in [-0.4, -0.2) is 38.0 Å². The molecule has 0 atom stereocenters. The third-order valence-corrected chi connectivity index (χ3v) is 6.96. The average molecular weight is 538 g/mol. The van der Waals surface area contributed by atoms with Crippen LogP contribution in [0.2, 0.25) is 0 Å². The summed E-state index contributed by atoms with van der Waals surface area (Å²) >= 11 is 0. The summed E-state index contributed by atoms with van der Waals surface area (Å²) in [5, 5.41) is 0.00685. The number of aromatic nitrogens is 3. The third-order valence-electron chi connectivity index (χ3n) is 6.96. The van der Waals surface area contributed by atoms with Crippen molar-refractivity contribution in [1.82, 2.24) is 19.0 Å². The lowest BCUT2D eigenvalue weighted by Gasteiger charge is -2.28. The van der Waals surface area contributed by atoms with Crippen molar-refractivity contribution in [3.63, 3.8) is 0 Å². The van der Waals surface area contributed by atoms with Crippen molar-refractivity contribution in [1.29, 1.82) is 0 Å². The second-order valence-electron chi connectivity index (χ2n) is 9.58. The van der Waals surface area contributed by atoms with E-state index >= 15 is 0 Å². The van der Waals surface area contributed by atoms with Crippen LogP contribution in [0.1, 0.15) is 47.6 Å². The van der Waals surface area contributed by atoms with E-state index in [0.717, 1.165) is 17.8 Å². The lowest BCUT2D eigenvalue weighted by atomic mass is 9.91. The molecule has 2 heterocycles. The number of nitrogens with zero attached hydrogens (tertiary/aromatic N) is 4. The summed E-state index contributed by atoms with van der Waals surface area (Å²) in [7, 11) is 1.71. The first kappa shape index (κ1) is 27.2. The largest absolute Gasteiger partial charge is 0.337 e. The second kappa shape index (κ2) is 11.3. The minimum atomic E-state index is -0.668. The van der Waals surface area contributed by atoms with Crippen LogP contribution in [-0.2, 0) is 6.54 Å². The molecule has 2 aromatic carbocycles. The van der Waals surface area contributed by atoms with Gasteiger partial charge in [0.15, 0.2) is 5.65 Å². The van der Waals surface area contributed by atoms with E-state index in [4.69, 9.17) is 5.73 Å². The Morgan fingerprint density at radius 1 is 1.05 bits per heavy atom. The molecule has 10 heteroatoms. The van der Waals surface area contributed by atoms with Crippen molar-refractivity contribution in [3.8, 4) is 5.69 Å². The van der Waals surface area contributed by atoms with Crippen LogP contribution in [0.5, 0.6) is 0 Å². The van der Waals surface area contributed by atoms with E-state index in [0.29, 0.717) is 43.5 Å². The monoisotopic (exact) mass is 537 g/mol. The van der Waals surface area contributed by atoms with Gasteiger partial charge in [-0.05, 0) is 55.5 Å². The number of hydrogen-bond donors (Lipinski definition) is 1. The highest BCUT2D eigenvalue weighted by molar-refractivity contribution is 5.94. The lowest BCUT2D eigenvalue weighted by Crippen LogP contribution is -2.44. The number of hydrogen-bond acceptors (Lipinski definition) is 5. The number of rotatable bonds is 5. The highest BCUT2D eigenvalue weighted by Crippen LogP contribution is 2.26. The number of carbonyl (C=O) groups excluding carboxylic acids is 1. The Kier molecular flexibility index (Phi) is 8.08. The van der Waals surface area contributed by atoms with Gasteiger partial charge in [0.25, 0.3) is 11.5 Å². The van der Waals surface area contributed by atoms with Gasteiger partial charge in [-0.1, -0.05) is 36.4 Å². The normalized spacial score (nSPS) is 17.1. The Morgan fingerprint density at radius 2 is 1.76 bits per heavy atom. The molecule has 1 amide bonds. The van der Waals surface area contributed by atoms with E-state index in [-0.39, 0.29) is 41.4 Å². The zero-order chi connectivity index (χ0) is 26.1. The first-order valence-electron chi connectivity index (χ1n) is 12.3. The number of fused-ring (bicyclic) bond motifs is 1. The average Bonchev–Trinajstić information content (AvgIpc) is 2.90. The van der Waals surface area contributed by atoms with Crippen molar-refractivity contribution in [2.24, 2.45) is 5.73 Å². The van der Waals surface area contributed by atoms with Crippen molar-refractivity contribution in [2.75, 3.05) is 7.05 Å². The van der Waals surface area contributed by atoms with Crippen molar-refractivity contribution in [3.05, 3.63) is 105 Å². The Hall–Kier alpha value is -3.82. The molecule has 0 unspecified atom stereocenters. The van der Waals surface area contributed by atoms with Crippen LogP contribution >= 0.6 is 12.4 Å². The van der Waals surface area contributed by atoms with E-state index in [9.17, 15) is 18.8 Å². The quantitative estimate of drug-likeness (QED) is 0.417. The van der Waals surface area contributed by atoms with Gasteiger partial charge in [0, 0.05) is 31.2 Å². The van der Waals surface area contributed by atoms with Crippen LogP contribution in [0.4, 0.5) is 4.39 Å². The smallest absolute Gasteiger partial charge is 0.337 e. The lowest BCUT2D eigenvalue weighted by molar-refractivity contribution is 0.0785. The predicted octanol–water partition coefficient (Wildman–Crippen LogP) is 3.82. The zero-order valence-corrected chi connectivity index (χ0v) is 21.7. The summed E-state index contributed by atoms with van der Waals surface area (Å²) in [4.78, 5) is 46.1. The molecule has 198 valence electrons. The topological polar surface area (TPSA) is 103 Å². The molecule has 8 nitrogen and oxygen atoms in total. The molecule has 1 aliphatic rings. The molecule has 0 bridgehead atoms. The van der Waals surface area contributed by atoms with Gasteiger partial charge in [-0.15, -0.1) is 12.4 Å². The fourth-order valence-corrected chi connectivity index (χ4v) is 5.02. The molecule has 0 saturated heterocycles. The van der Waals surface area contributed by atoms with Gasteiger partial charge in [-0.3, -0.25) is 14.2 Å². The Labute approximate surface area is 224 Å². The molecule has 1 saturated carbocycles. The van der Waals surface area contributed by atoms with Crippen LogP contribution in [0.15, 0.2) is 76.4 Å². The van der Waals surface area contributed by atoms with Gasteiger partial charge in [0.1, 0.15) is 5.82 Å². The standard InChI is InChI=1S/C28H28FN5O3.ClH/c1-32(17-18-6-3-2-4-7-18)26(35)19-8-5-9-23(14-19)33-25-24(15-20(29)16-31-25)27(36)34(28(33)37)22-12-10-21(30)11-13-22;/h2-9,14-16,21-22H,10-13,17,30H2,1H3;1H/t21-,22+;. The highest BCUT2D eigenvalue weighted by atomic mass is 35.5. The number of halogens is 2. The van der Waals surface area contributed by atoms with Crippen LogP contribution in [0.3, 0.4) is 0 Å². The Balaban J connectivity index is 0.00000336. The fourth-order valence-electron chi connectivity index (χ4n) is 5.02. The molecule has 5 rings (SSSR count). The number of nitrogens with two attached hydrogens (primary N) is 1. The summed E-state index contributed by atoms with van der Waals surface area (Å²) in [6.07, 6.45) is 3.51. The van der Waals surface area contributed by atoms with E-state index in [1.165, 1.54) is 9.13 Å². The summed E-state index contributed by atoms with van der Waals surface area (Å²) in [6.45, 7) is 0.419. The molecular formula is C28H29ClFN5O3. The third kappa shape index (κ3) is 5.25. The zero-order valence-electron chi connectivity index (χ0n) is 20.9. The first-order chi connectivity index (χ1) is 17.8. The SMILES string of the molecule is CN(Cc1ccccc1)C(=O)c1cccc(-n2c(=O)n([C@H]3CC[C@@H](N)CC3)c(=O)c3cc(F)cnc32)c1.Cl. The maximum Gasteiger partial charge on any atom is 0.337 e. The van der Waals surface area contributed by atoms with Crippen LogP contribution in [0.25, 0.3) is 16.7 Å². The predicted molar refractivity (Wildman–Crippen MR) is 147 cm³/mol. The van der Waals surface area contributed by atoms with Crippen molar-refractivity contribution >= 4 is 29.3 Å². The molecule has 1 aliphatic carbocycles. The summed E-state index contributed by atoms with van der Waals surface area (Å²) in [5.74, 6) is -0.893. The van der Waals surface area contributed by atoms with Gasteiger partial charge in [0.05, 0.1) is 17.3 Å². The first-order valence-corrected chi connectivity index (χ1v) is 12.3. The van der Waals surface area contributed by atoms with Gasteiger partial charge >= 0.3 is 5.69 Å². The highest BCUT2D eigenvalue weighted by Gasteiger charge is 2.26. The summed E-state index contributed by atoms with van der Waals surface area (Å²) in [6, 6.07) is 17.0. The maximum atomic E-state index is 14.1. The maximum absolute atomic E-state index is 14.1. The molecule has 2 aromatic heterocycles. The minimum Gasteiger partial charge on any atom is -0.337 e. The van der Waals surface area contributed by atoms with E-state index < -0.39 is 17.1 Å². The number of pyridine rings is 1. The second-order valence-corrected chi connectivity index (χ2v) is 9.58. The molecule has 0 radical (unpaired) electrons. The van der Waals surface area contributed by atoms with Crippen LogP contribution in [0, 0.1) is 5.82 Å². The Morgan fingerprint density at radius 3 is 2.47 bits per heavy atom. The van der Waals surface area contributed by atoms with Gasteiger partial charge < -0.3 is 10.6 Å². The molecule has 38 heavy (non-hydrogen) atoms. The molecular weight excluding hydrogens is 509 g/mol. The van der Waals surface area contributed by atoms with Gasteiger partial charge in [-0.2, -0.15) is 0 Å². The van der Waals surface area contributed by atoms with E-state index in [1.807, 2.05) is 30.3 Å². The number of carbonyl (C=O) groups is 1. The fraction of sp³-hybridized carbons (Fsp3) is 0.286. The Bertz CT molecular complexity index is 1580. The number of benzene rings is 2. The molecule has 2 N–H and O–H groups in total. The molecule has 4 aromatic rings. The van der Waals surface area contributed by atoms with Crippen molar-refractivity contribution in [2.45, 2.75) is 44.3 Å². The summed E-state index contributed by atoms with van der Waals surface area (Å²) in [5.41, 5.74) is 6.67. The minimum absolute atomic E-state index is 0. The van der Waals surface area contributed by atoms with Crippen LogP contribution < -0.4 is 17.0 Å². The van der Waals surface area contributed by atoms with Crippen molar-refractivity contribution < 1.29 is 9.18 Å². The van der Waals surface area contributed by atoms with Gasteiger partial charge in [0.2, 0.25) is 0 Å².